The first kappa shape index (κ1) is 18.4. The van der Waals surface area contributed by atoms with Gasteiger partial charge in [-0.2, -0.15) is 10.2 Å². The minimum atomic E-state index is 0.547. The van der Waals surface area contributed by atoms with Gasteiger partial charge in [0.05, 0.1) is 24.6 Å². The van der Waals surface area contributed by atoms with Gasteiger partial charge in [-0.15, -0.1) is 0 Å². The molecule has 0 spiro atoms. The molecule has 6 nitrogen and oxygen atoms in total. The number of hydrogen-bond acceptors (Lipinski definition) is 3. The number of nitrogens with zero attached hydrogens (tertiary/aromatic N) is 4. The van der Waals surface area contributed by atoms with Gasteiger partial charge >= 0.3 is 0 Å². The van der Waals surface area contributed by atoms with Crippen LogP contribution in [0.1, 0.15) is 23.7 Å². The van der Waals surface area contributed by atoms with Crippen LogP contribution in [-0.4, -0.2) is 24.7 Å². The quantitative estimate of drug-likeness (QED) is 0.632. The van der Waals surface area contributed by atoms with Crippen molar-refractivity contribution in [2.75, 3.05) is 5.32 Å². The highest BCUT2D eigenvalue weighted by molar-refractivity contribution is 7.80. The van der Waals surface area contributed by atoms with Crippen LogP contribution < -0.4 is 10.6 Å². The van der Waals surface area contributed by atoms with E-state index in [2.05, 4.69) is 34.7 Å². The third-order valence-electron chi connectivity index (χ3n) is 4.13. The molecule has 0 bridgehead atoms. The lowest BCUT2D eigenvalue weighted by atomic mass is 10.2. The van der Waals surface area contributed by atoms with Crippen LogP contribution in [0.4, 0.5) is 5.69 Å². The largest absolute Gasteiger partial charge is 0.358 e. The van der Waals surface area contributed by atoms with E-state index in [1.54, 1.807) is 6.20 Å². The molecule has 0 fully saturated rings. The van der Waals surface area contributed by atoms with Crippen molar-refractivity contribution in [2.45, 2.75) is 33.5 Å². The Morgan fingerprint density at radius 2 is 2.00 bits per heavy atom. The third kappa shape index (κ3) is 4.42. The van der Waals surface area contributed by atoms with Gasteiger partial charge in [-0.25, -0.2) is 0 Å². The van der Waals surface area contributed by atoms with E-state index in [1.165, 1.54) is 0 Å². The molecule has 136 valence electrons. The summed E-state index contributed by atoms with van der Waals surface area (Å²) in [5, 5.41) is 16.3. The maximum atomic E-state index is 6.20. The average molecular weight is 389 g/mol. The first-order valence-electron chi connectivity index (χ1n) is 8.38. The highest BCUT2D eigenvalue weighted by Gasteiger charge is 2.07. The molecular formula is C18H21ClN6S. The van der Waals surface area contributed by atoms with Crippen LogP contribution in [0, 0.1) is 6.92 Å². The molecule has 0 aliphatic rings. The second-order valence-electron chi connectivity index (χ2n) is 5.90. The molecular weight excluding hydrogens is 368 g/mol. The fourth-order valence-electron chi connectivity index (χ4n) is 2.64. The van der Waals surface area contributed by atoms with E-state index < -0.39 is 0 Å². The summed E-state index contributed by atoms with van der Waals surface area (Å²) < 4.78 is 3.79. The predicted molar refractivity (Wildman–Crippen MR) is 108 cm³/mol. The van der Waals surface area contributed by atoms with Crippen LogP contribution in [0.25, 0.3) is 0 Å². The SMILES string of the molecule is CCn1ncc(CNC(=S)Nc2cnn(Cc3ccccc3Cl)c2)c1C. The van der Waals surface area contributed by atoms with Crippen molar-refractivity contribution in [1.29, 1.82) is 0 Å². The highest BCUT2D eigenvalue weighted by Crippen LogP contribution is 2.16. The molecule has 1 aromatic carbocycles. The number of hydrogen-bond donors (Lipinski definition) is 2. The Morgan fingerprint density at radius 1 is 1.19 bits per heavy atom. The van der Waals surface area contributed by atoms with Crippen LogP contribution in [-0.2, 0) is 19.6 Å². The van der Waals surface area contributed by atoms with Gasteiger partial charge in [0.1, 0.15) is 0 Å². The molecule has 0 amide bonds. The minimum absolute atomic E-state index is 0.547. The molecule has 2 N–H and O–H groups in total. The lowest BCUT2D eigenvalue weighted by Crippen LogP contribution is -2.27. The van der Waals surface area contributed by atoms with Gasteiger partial charge in [0.25, 0.3) is 0 Å². The topological polar surface area (TPSA) is 59.7 Å². The number of benzene rings is 1. The maximum Gasteiger partial charge on any atom is 0.171 e. The molecule has 2 aromatic heterocycles. The smallest absolute Gasteiger partial charge is 0.171 e. The summed E-state index contributed by atoms with van der Waals surface area (Å²) in [6, 6.07) is 7.74. The standard InChI is InChI=1S/C18H21ClN6S/c1-3-25-13(2)15(9-22-25)8-20-18(26)23-16-10-21-24(12-16)11-14-6-4-5-7-17(14)19/h4-7,9-10,12H,3,8,11H2,1-2H3,(H2,20,23,26). The lowest BCUT2D eigenvalue weighted by Gasteiger charge is -2.09. The summed E-state index contributed by atoms with van der Waals surface area (Å²) in [5.74, 6) is 0. The van der Waals surface area contributed by atoms with Crippen LogP contribution in [0.5, 0.6) is 0 Å². The molecule has 0 aliphatic carbocycles. The van der Waals surface area contributed by atoms with Crippen molar-refractivity contribution in [3.05, 3.63) is 64.7 Å². The normalized spacial score (nSPS) is 10.7. The summed E-state index contributed by atoms with van der Waals surface area (Å²) in [4.78, 5) is 0. The van der Waals surface area contributed by atoms with Crippen LogP contribution in [0.2, 0.25) is 5.02 Å². The second kappa shape index (κ2) is 8.33. The van der Waals surface area contributed by atoms with E-state index in [1.807, 2.05) is 46.0 Å². The molecule has 0 unspecified atom stereocenters. The Morgan fingerprint density at radius 3 is 2.73 bits per heavy atom. The number of aromatic nitrogens is 4. The lowest BCUT2D eigenvalue weighted by molar-refractivity contribution is 0.638. The van der Waals surface area contributed by atoms with E-state index in [9.17, 15) is 0 Å². The monoisotopic (exact) mass is 388 g/mol. The van der Waals surface area contributed by atoms with Crippen LogP contribution in [0.15, 0.2) is 42.9 Å². The molecule has 2 heterocycles. The van der Waals surface area contributed by atoms with Gasteiger partial charge in [-0.05, 0) is 37.7 Å². The summed E-state index contributed by atoms with van der Waals surface area (Å²) in [6.45, 7) is 6.23. The summed E-state index contributed by atoms with van der Waals surface area (Å²) in [6.07, 6.45) is 5.51. The van der Waals surface area contributed by atoms with Gasteiger partial charge in [0.2, 0.25) is 0 Å². The number of rotatable bonds is 6. The predicted octanol–water partition coefficient (Wildman–Crippen LogP) is 3.60. The van der Waals surface area contributed by atoms with Crippen LogP contribution >= 0.6 is 23.8 Å². The van der Waals surface area contributed by atoms with Gasteiger partial charge in [-0.3, -0.25) is 9.36 Å². The van der Waals surface area contributed by atoms with Crippen molar-refractivity contribution in [2.24, 2.45) is 0 Å². The number of halogens is 1. The number of anilines is 1. The van der Waals surface area contributed by atoms with Gasteiger partial charge in [0, 0.05) is 35.6 Å². The van der Waals surface area contributed by atoms with E-state index >= 15 is 0 Å². The molecule has 0 saturated carbocycles. The van der Waals surface area contributed by atoms with E-state index in [-0.39, 0.29) is 0 Å². The van der Waals surface area contributed by atoms with E-state index in [4.69, 9.17) is 23.8 Å². The zero-order valence-electron chi connectivity index (χ0n) is 14.7. The minimum Gasteiger partial charge on any atom is -0.358 e. The molecule has 0 radical (unpaired) electrons. The first-order valence-corrected chi connectivity index (χ1v) is 9.17. The Kier molecular flexibility index (Phi) is 5.90. The average Bonchev–Trinajstić information content (AvgIpc) is 3.21. The van der Waals surface area contributed by atoms with Crippen molar-refractivity contribution in [1.82, 2.24) is 24.9 Å². The Balaban J connectivity index is 1.54. The summed E-state index contributed by atoms with van der Waals surface area (Å²) in [7, 11) is 0. The molecule has 3 aromatic rings. The Labute approximate surface area is 163 Å². The van der Waals surface area contributed by atoms with Gasteiger partial charge in [-0.1, -0.05) is 29.8 Å². The van der Waals surface area contributed by atoms with Crippen molar-refractivity contribution < 1.29 is 0 Å². The molecule has 8 heteroatoms. The molecule has 0 atom stereocenters. The van der Waals surface area contributed by atoms with Crippen molar-refractivity contribution in [3.8, 4) is 0 Å². The second-order valence-corrected chi connectivity index (χ2v) is 6.71. The number of thiocarbonyl (C=S) groups is 1. The third-order valence-corrected chi connectivity index (χ3v) is 4.74. The number of aryl methyl sites for hydroxylation is 1. The van der Waals surface area contributed by atoms with Crippen molar-refractivity contribution in [3.63, 3.8) is 0 Å². The van der Waals surface area contributed by atoms with Gasteiger partial charge < -0.3 is 10.6 Å². The summed E-state index contributed by atoms with van der Waals surface area (Å²) >= 11 is 11.6. The fraction of sp³-hybridized carbons (Fsp3) is 0.278. The maximum absolute atomic E-state index is 6.20. The number of nitrogens with one attached hydrogen (secondary N) is 2. The highest BCUT2D eigenvalue weighted by atomic mass is 35.5. The van der Waals surface area contributed by atoms with Gasteiger partial charge in [0.15, 0.2) is 5.11 Å². The zero-order chi connectivity index (χ0) is 18.5. The Bertz CT molecular complexity index is 901. The molecule has 0 saturated heterocycles. The fourth-order valence-corrected chi connectivity index (χ4v) is 3.03. The molecule has 3 rings (SSSR count). The van der Waals surface area contributed by atoms with Crippen molar-refractivity contribution >= 4 is 34.6 Å². The zero-order valence-corrected chi connectivity index (χ0v) is 16.3. The van der Waals surface area contributed by atoms with Crippen LogP contribution in [0.3, 0.4) is 0 Å². The Hall–Kier alpha value is -2.38. The van der Waals surface area contributed by atoms with E-state index in [0.717, 1.165) is 34.1 Å². The first-order chi connectivity index (χ1) is 12.6. The molecule has 26 heavy (non-hydrogen) atoms. The molecule has 0 aliphatic heterocycles. The summed E-state index contributed by atoms with van der Waals surface area (Å²) in [5.41, 5.74) is 4.13. The van der Waals surface area contributed by atoms with E-state index in [0.29, 0.717) is 18.2 Å².